The SMILES string of the molecule is C[C@H]1CCc2ccccc2N1c1ccccc1. The van der Waals surface area contributed by atoms with Gasteiger partial charge in [-0.1, -0.05) is 36.4 Å². The summed E-state index contributed by atoms with van der Waals surface area (Å²) in [7, 11) is 0. The third kappa shape index (κ3) is 1.82. The molecule has 0 aliphatic carbocycles. The topological polar surface area (TPSA) is 3.24 Å². The highest BCUT2D eigenvalue weighted by molar-refractivity contribution is 5.68. The van der Waals surface area contributed by atoms with Crippen LogP contribution in [0.2, 0.25) is 0 Å². The molecule has 0 aromatic heterocycles. The molecule has 1 atom stereocenters. The van der Waals surface area contributed by atoms with E-state index in [9.17, 15) is 0 Å². The Hall–Kier alpha value is -1.76. The van der Waals surface area contributed by atoms with Crippen LogP contribution in [-0.4, -0.2) is 6.04 Å². The first kappa shape index (κ1) is 10.4. The van der Waals surface area contributed by atoms with E-state index >= 15 is 0 Å². The zero-order valence-corrected chi connectivity index (χ0v) is 10.1. The predicted octanol–water partition coefficient (Wildman–Crippen LogP) is 4.16. The molecule has 0 N–H and O–H groups in total. The molecule has 1 nitrogen and oxygen atoms in total. The molecule has 17 heavy (non-hydrogen) atoms. The summed E-state index contributed by atoms with van der Waals surface area (Å²) in [6.07, 6.45) is 2.42. The van der Waals surface area contributed by atoms with Crippen molar-refractivity contribution in [3.8, 4) is 0 Å². The molecule has 1 heteroatoms. The van der Waals surface area contributed by atoms with Crippen LogP contribution in [0.3, 0.4) is 0 Å². The van der Waals surface area contributed by atoms with E-state index in [0.717, 1.165) is 0 Å². The van der Waals surface area contributed by atoms with Crippen LogP contribution in [0.5, 0.6) is 0 Å². The van der Waals surface area contributed by atoms with Gasteiger partial charge in [-0.25, -0.2) is 0 Å². The van der Waals surface area contributed by atoms with Gasteiger partial charge in [-0.3, -0.25) is 0 Å². The average molecular weight is 223 g/mol. The predicted molar refractivity (Wildman–Crippen MR) is 72.8 cm³/mol. The molecular formula is C16H17N. The lowest BCUT2D eigenvalue weighted by Gasteiger charge is -2.37. The first-order valence-corrected chi connectivity index (χ1v) is 6.28. The lowest BCUT2D eigenvalue weighted by atomic mass is 9.96. The quantitative estimate of drug-likeness (QED) is 0.701. The fourth-order valence-corrected chi connectivity index (χ4v) is 2.67. The molecule has 3 rings (SSSR count). The van der Waals surface area contributed by atoms with Gasteiger partial charge in [-0.05, 0) is 43.5 Å². The maximum Gasteiger partial charge on any atom is 0.0445 e. The summed E-state index contributed by atoms with van der Waals surface area (Å²) >= 11 is 0. The van der Waals surface area contributed by atoms with Crippen LogP contribution >= 0.6 is 0 Å². The minimum absolute atomic E-state index is 0.576. The van der Waals surface area contributed by atoms with Gasteiger partial charge in [0, 0.05) is 17.4 Å². The van der Waals surface area contributed by atoms with E-state index in [-0.39, 0.29) is 0 Å². The largest absolute Gasteiger partial charge is 0.338 e. The van der Waals surface area contributed by atoms with Gasteiger partial charge in [-0.15, -0.1) is 0 Å². The van der Waals surface area contributed by atoms with Gasteiger partial charge in [0.15, 0.2) is 0 Å². The number of rotatable bonds is 1. The molecule has 0 spiro atoms. The lowest BCUT2D eigenvalue weighted by molar-refractivity contribution is 0.618. The summed E-state index contributed by atoms with van der Waals surface area (Å²) < 4.78 is 0. The average Bonchev–Trinajstić information content (AvgIpc) is 2.39. The minimum Gasteiger partial charge on any atom is -0.338 e. The Morgan fingerprint density at radius 2 is 1.65 bits per heavy atom. The van der Waals surface area contributed by atoms with Crippen molar-refractivity contribution < 1.29 is 0 Å². The molecule has 0 radical (unpaired) electrons. The van der Waals surface area contributed by atoms with Crippen molar-refractivity contribution in [2.75, 3.05) is 4.90 Å². The van der Waals surface area contributed by atoms with Crippen molar-refractivity contribution in [2.24, 2.45) is 0 Å². The third-order valence-electron chi connectivity index (χ3n) is 3.56. The van der Waals surface area contributed by atoms with E-state index in [1.165, 1.54) is 29.8 Å². The first-order chi connectivity index (χ1) is 8.36. The normalized spacial score (nSPS) is 18.9. The van der Waals surface area contributed by atoms with Crippen LogP contribution in [0.1, 0.15) is 18.9 Å². The number of fused-ring (bicyclic) bond motifs is 1. The van der Waals surface area contributed by atoms with Crippen LogP contribution in [-0.2, 0) is 6.42 Å². The summed E-state index contributed by atoms with van der Waals surface area (Å²) in [5, 5.41) is 0. The Balaban J connectivity index is 2.10. The van der Waals surface area contributed by atoms with Crippen LogP contribution in [0, 0.1) is 0 Å². The molecule has 0 unspecified atom stereocenters. The number of aryl methyl sites for hydroxylation is 1. The van der Waals surface area contributed by atoms with Crippen LogP contribution in [0.4, 0.5) is 11.4 Å². The molecular weight excluding hydrogens is 206 g/mol. The molecule has 0 saturated carbocycles. The van der Waals surface area contributed by atoms with Crippen molar-refractivity contribution in [3.63, 3.8) is 0 Å². The number of anilines is 2. The maximum absolute atomic E-state index is 2.46. The van der Waals surface area contributed by atoms with Gasteiger partial charge < -0.3 is 4.90 Å². The smallest absolute Gasteiger partial charge is 0.0445 e. The Labute approximate surface area is 103 Å². The van der Waals surface area contributed by atoms with E-state index in [2.05, 4.69) is 66.4 Å². The van der Waals surface area contributed by atoms with E-state index in [1.807, 2.05) is 0 Å². The standard InChI is InChI=1S/C16H17N/c1-13-11-12-14-7-5-6-10-16(14)17(13)15-8-3-2-4-9-15/h2-10,13H,11-12H2,1H3/t13-/m0/s1. The van der Waals surface area contributed by atoms with Crippen molar-refractivity contribution in [3.05, 3.63) is 60.2 Å². The van der Waals surface area contributed by atoms with Crippen molar-refractivity contribution >= 4 is 11.4 Å². The fourth-order valence-electron chi connectivity index (χ4n) is 2.67. The molecule has 1 heterocycles. The molecule has 0 fully saturated rings. The second-order valence-electron chi connectivity index (χ2n) is 4.72. The summed E-state index contributed by atoms with van der Waals surface area (Å²) in [5.41, 5.74) is 4.14. The number of hydrogen-bond acceptors (Lipinski definition) is 1. The Bertz CT molecular complexity index is 504. The molecule has 0 saturated heterocycles. The molecule has 2 aromatic carbocycles. The van der Waals surface area contributed by atoms with E-state index in [4.69, 9.17) is 0 Å². The van der Waals surface area contributed by atoms with Crippen LogP contribution in [0.15, 0.2) is 54.6 Å². The van der Waals surface area contributed by atoms with Gasteiger partial charge in [0.25, 0.3) is 0 Å². The summed E-state index contributed by atoms with van der Waals surface area (Å²) in [5.74, 6) is 0. The molecule has 0 bridgehead atoms. The second-order valence-corrected chi connectivity index (χ2v) is 4.72. The van der Waals surface area contributed by atoms with Gasteiger partial charge in [0.1, 0.15) is 0 Å². The van der Waals surface area contributed by atoms with Gasteiger partial charge in [0.05, 0.1) is 0 Å². The van der Waals surface area contributed by atoms with Crippen LogP contribution < -0.4 is 4.90 Å². The van der Waals surface area contributed by atoms with E-state index in [0.29, 0.717) is 6.04 Å². The Morgan fingerprint density at radius 1 is 0.941 bits per heavy atom. The minimum atomic E-state index is 0.576. The van der Waals surface area contributed by atoms with Gasteiger partial charge >= 0.3 is 0 Å². The number of para-hydroxylation sites is 2. The second kappa shape index (κ2) is 4.25. The highest BCUT2D eigenvalue weighted by Crippen LogP contribution is 2.36. The zero-order chi connectivity index (χ0) is 11.7. The lowest BCUT2D eigenvalue weighted by Crippen LogP contribution is -2.33. The van der Waals surface area contributed by atoms with Gasteiger partial charge in [-0.2, -0.15) is 0 Å². The molecule has 2 aromatic rings. The fraction of sp³-hybridized carbons (Fsp3) is 0.250. The van der Waals surface area contributed by atoms with E-state index < -0.39 is 0 Å². The summed E-state index contributed by atoms with van der Waals surface area (Å²) in [6, 6.07) is 20.0. The number of hydrogen-bond donors (Lipinski definition) is 0. The van der Waals surface area contributed by atoms with Crippen molar-refractivity contribution in [1.29, 1.82) is 0 Å². The highest BCUT2D eigenvalue weighted by Gasteiger charge is 2.23. The first-order valence-electron chi connectivity index (χ1n) is 6.28. The Morgan fingerprint density at radius 3 is 2.47 bits per heavy atom. The van der Waals surface area contributed by atoms with E-state index in [1.54, 1.807) is 0 Å². The van der Waals surface area contributed by atoms with Gasteiger partial charge in [0.2, 0.25) is 0 Å². The van der Waals surface area contributed by atoms with Crippen molar-refractivity contribution in [2.45, 2.75) is 25.8 Å². The molecule has 0 amide bonds. The summed E-state index contributed by atoms with van der Waals surface area (Å²) in [4.78, 5) is 2.46. The third-order valence-corrected chi connectivity index (χ3v) is 3.56. The number of nitrogens with zero attached hydrogens (tertiary/aromatic N) is 1. The number of benzene rings is 2. The Kier molecular flexibility index (Phi) is 2.60. The molecule has 86 valence electrons. The summed E-state index contributed by atoms with van der Waals surface area (Å²) in [6.45, 7) is 2.31. The monoisotopic (exact) mass is 223 g/mol. The maximum atomic E-state index is 2.46. The zero-order valence-electron chi connectivity index (χ0n) is 10.1. The highest BCUT2D eigenvalue weighted by atomic mass is 15.2. The molecule has 1 aliphatic heterocycles. The van der Waals surface area contributed by atoms with Crippen LogP contribution in [0.25, 0.3) is 0 Å². The molecule has 1 aliphatic rings. The van der Waals surface area contributed by atoms with Crippen molar-refractivity contribution in [1.82, 2.24) is 0 Å².